The molecule has 7 heteroatoms. The van der Waals surface area contributed by atoms with Gasteiger partial charge in [0.2, 0.25) is 0 Å². The second kappa shape index (κ2) is 6.51. The van der Waals surface area contributed by atoms with Gasteiger partial charge in [0.05, 0.1) is 0 Å². The molecule has 6 nitrogen and oxygen atoms in total. The highest BCUT2D eigenvalue weighted by molar-refractivity contribution is 5.97. The maximum atomic E-state index is 13.3. The number of anilines is 1. The summed E-state index contributed by atoms with van der Waals surface area (Å²) in [4.78, 5) is 14.6. The minimum Gasteiger partial charge on any atom is -0.380 e. The number of nitrogens with zero attached hydrogens (tertiary/aromatic N) is 3. The molecule has 0 spiro atoms. The summed E-state index contributed by atoms with van der Waals surface area (Å²) < 4.78 is 13.3. The predicted molar refractivity (Wildman–Crippen MR) is 92.8 cm³/mol. The van der Waals surface area contributed by atoms with Gasteiger partial charge >= 0.3 is 0 Å². The molecule has 0 saturated carbocycles. The first kappa shape index (κ1) is 15.6. The molecule has 2 N–H and O–H groups in total. The molecule has 3 aromatic rings. The number of carbonyl (C=O) groups is 1. The minimum absolute atomic E-state index is 0.0179. The first-order valence-corrected chi connectivity index (χ1v) is 8.31. The quantitative estimate of drug-likeness (QED) is 0.769. The number of piperidine rings is 1. The molecule has 2 heterocycles. The molecule has 1 atom stereocenters. The summed E-state index contributed by atoms with van der Waals surface area (Å²) in [6, 6.07) is 11.8. The standard InChI is InChI=1S/C18H18FN5O/c19-13-3-1-4-14(10-13)20-15-5-2-8-24(11-15)18(25)12-6-7-16-17(9-12)22-23-21-16/h1,3-4,6-7,9-10,15,20H,2,5,8,11H2,(H,21,22,23). The summed E-state index contributed by atoms with van der Waals surface area (Å²) in [6.45, 7) is 1.31. The Morgan fingerprint density at radius 1 is 1.20 bits per heavy atom. The Balaban J connectivity index is 1.47. The summed E-state index contributed by atoms with van der Waals surface area (Å²) in [5, 5.41) is 13.9. The maximum Gasteiger partial charge on any atom is 0.254 e. The summed E-state index contributed by atoms with van der Waals surface area (Å²) in [7, 11) is 0. The molecule has 1 aliphatic heterocycles. The second-order valence-electron chi connectivity index (χ2n) is 6.27. The van der Waals surface area contributed by atoms with E-state index >= 15 is 0 Å². The van der Waals surface area contributed by atoms with Crippen molar-refractivity contribution in [1.82, 2.24) is 20.3 Å². The average molecular weight is 339 g/mol. The number of likely N-dealkylation sites (tertiary alicyclic amines) is 1. The normalized spacial score (nSPS) is 17.6. The van der Waals surface area contributed by atoms with Gasteiger partial charge in [0, 0.05) is 30.4 Å². The van der Waals surface area contributed by atoms with Crippen LogP contribution in [0.1, 0.15) is 23.2 Å². The Morgan fingerprint density at radius 3 is 2.96 bits per heavy atom. The number of aromatic amines is 1. The fourth-order valence-corrected chi connectivity index (χ4v) is 3.25. The lowest BCUT2D eigenvalue weighted by atomic mass is 10.0. The first-order chi connectivity index (χ1) is 12.2. The molecule has 128 valence electrons. The molecule has 1 amide bonds. The third-order valence-corrected chi connectivity index (χ3v) is 4.47. The lowest BCUT2D eigenvalue weighted by Crippen LogP contribution is -2.45. The zero-order chi connectivity index (χ0) is 17.2. The van der Waals surface area contributed by atoms with E-state index in [1.165, 1.54) is 12.1 Å². The molecule has 1 unspecified atom stereocenters. The van der Waals surface area contributed by atoms with Crippen LogP contribution in [0, 0.1) is 5.82 Å². The van der Waals surface area contributed by atoms with E-state index in [0.29, 0.717) is 17.6 Å². The van der Waals surface area contributed by atoms with Crippen molar-refractivity contribution in [3.05, 3.63) is 53.8 Å². The van der Waals surface area contributed by atoms with Crippen molar-refractivity contribution >= 4 is 22.6 Å². The van der Waals surface area contributed by atoms with E-state index in [0.717, 1.165) is 30.6 Å². The number of H-pyrrole nitrogens is 1. The lowest BCUT2D eigenvalue weighted by Gasteiger charge is -2.33. The third kappa shape index (κ3) is 3.31. The highest BCUT2D eigenvalue weighted by Gasteiger charge is 2.24. The highest BCUT2D eigenvalue weighted by Crippen LogP contribution is 2.20. The van der Waals surface area contributed by atoms with Crippen LogP contribution < -0.4 is 5.32 Å². The van der Waals surface area contributed by atoms with Gasteiger partial charge < -0.3 is 10.2 Å². The lowest BCUT2D eigenvalue weighted by molar-refractivity contribution is 0.0715. The van der Waals surface area contributed by atoms with Crippen molar-refractivity contribution in [2.45, 2.75) is 18.9 Å². The number of rotatable bonds is 3. The van der Waals surface area contributed by atoms with Crippen LogP contribution in [0.3, 0.4) is 0 Å². The summed E-state index contributed by atoms with van der Waals surface area (Å²) in [6.07, 6.45) is 1.85. The van der Waals surface area contributed by atoms with E-state index in [-0.39, 0.29) is 17.8 Å². The molecule has 4 rings (SSSR count). The van der Waals surface area contributed by atoms with Crippen LogP contribution in [0.2, 0.25) is 0 Å². The van der Waals surface area contributed by atoms with Crippen LogP contribution in [0.25, 0.3) is 11.0 Å². The van der Waals surface area contributed by atoms with Crippen molar-refractivity contribution in [3.63, 3.8) is 0 Å². The van der Waals surface area contributed by atoms with E-state index in [4.69, 9.17) is 0 Å². The van der Waals surface area contributed by atoms with Gasteiger partial charge in [-0.2, -0.15) is 15.4 Å². The van der Waals surface area contributed by atoms with Crippen LogP contribution in [0.5, 0.6) is 0 Å². The number of carbonyl (C=O) groups excluding carboxylic acids is 1. The SMILES string of the molecule is O=C(c1ccc2n[nH]nc2c1)N1CCCC(Nc2cccc(F)c2)C1. The monoisotopic (exact) mass is 339 g/mol. The van der Waals surface area contributed by atoms with Gasteiger partial charge in [-0.05, 0) is 49.2 Å². The van der Waals surface area contributed by atoms with E-state index < -0.39 is 0 Å². The van der Waals surface area contributed by atoms with Gasteiger partial charge in [-0.3, -0.25) is 4.79 Å². The maximum absolute atomic E-state index is 13.3. The number of benzene rings is 2. The first-order valence-electron chi connectivity index (χ1n) is 8.31. The van der Waals surface area contributed by atoms with Gasteiger partial charge in [-0.1, -0.05) is 6.07 Å². The largest absolute Gasteiger partial charge is 0.380 e. The van der Waals surface area contributed by atoms with Crippen molar-refractivity contribution in [2.75, 3.05) is 18.4 Å². The smallest absolute Gasteiger partial charge is 0.254 e. The number of fused-ring (bicyclic) bond motifs is 1. The number of nitrogens with one attached hydrogen (secondary N) is 2. The molecule has 0 radical (unpaired) electrons. The fraction of sp³-hybridized carbons (Fsp3) is 0.278. The van der Waals surface area contributed by atoms with E-state index in [2.05, 4.69) is 20.7 Å². The molecule has 1 fully saturated rings. The van der Waals surface area contributed by atoms with Crippen LogP contribution >= 0.6 is 0 Å². The van der Waals surface area contributed by atoms with Crippen LogP contribution in [0.15, 0.2) is 42.5 Å². The van der Waals surface area contributed by atoms with Crippen LogP contribution in [-0.4, -0.2) is 45.3 Å². The minimum atomic E-state index is -0.269. The molecular weight excluding hydrogens is 321 g/mol. The summed E-state index contributed by atoms with van der Waals surface area (Å²) in [5.41, 5.74) is 2.76. The summed E-state index contributed by atoms with van der Waals surface area (Å²) in [5.74, 6) is -0.287. The van der Waals surface area contributed by atoms with E-state index in [1.807, 2.05) is 11.0 Å². The van der Waals surface area contributed by atoms with Gasteiger partial charge in [0.1, 0.15) is 16.9 Å². The molecule has 0 bridgehead atoms. The van der Waals surface area contributed by atoms with E-state index in [1.54, 1.807) is 24.3 Å². The van der Waals surface area contributed by atoms with Crippen LogP contribution in [-0.2, 0) is 0 Å². The van der Waals surface area contributed by atoms with Crippen molar-refractivity contribution in [1.29, 1.82) is 0 Å². The van der Waals surface area contributed by atoms with E-state index in [9.17, 15) is 9.18 Å². The van der Waals surface area contributed by atoms with Gasteiger partial charge in [-0.15, -0.1) is 0 Å². The summed E-state index contributed by atoms with van der Waals surface area (Å²) >= 11 is 0. The molecule has 1 saturated heterocycles. The topological polar surface area (TPSA) is 73.9 Å². The molecule has 25 heavy (non-hydrogen) atoms. The van der Waals surface area contributed by atoms with Crippen molar-refractivity contribution in [2.24, 2.45) is 0 Å². The zero-order valence-electron chi connectivity index (χ0n) is 13.6. The second-order valence-corrected chi connectivity index (χ2v) is 6.27. The Kier molecular flexibility index (Phi) is 4.05. The van der Waals surface area contributed by atoms with Crippen molar-refractivity contribution in [3.8, 4) is 0 Å². The van der Waals surface area contributed by atoms with Gasteiger partial charge in [0.25, 0.3) is 5.91 Å². The average Bonchev–Trinajstić information content (AvgIpc) is 3.09. The number of amides is 1. The number of hydrogen-bond acceptors (Lipinski definition) is 4. The zero-order valence-corrected chi connectivity index (χ0v) is 13.6. The molecule has 0 aliphatic carbocycles. The predicted octanol–water partition coefficient (Wildman–Crippen LogP) is 2.81. The Labute approximate surface area is 144 Å². The third-order valence-electron chi connectivity index (χ3n) is 4.47. The fourth-order valence-electron chi connectivity index (χ4n) is 3.25. The molecule has 2 aromatic carbocycles. The highest BCUT2D eigenvalue weighted by atomic mass is 19.1. The molecular formula is C18H18FN5O. The van der Waals surface area contributed by atoms with Gasteiger partial charge in [-0.25, -0.2) is 4.39 Å². The number of halogens is 1. The molecule has 1 aliphatic rings. The van der Waals surface area contributed by atoms with Gasteiger partial charge in [0.15, 0.2) is 0 Å². The Morgan fingerprint density at radius 2 is 2.08 bits per heavy atom. The molecule has 1 aromatic heterocycles. The number of hydrogen-bond donors (Lipinski definition) is 2. The Hall–Kier alpha value is -2.96. The van der Waals surface area contributed by atoms with Crippen LogP contribution in [0.4, 0.5) is 10.1 Å². The van der Waals surface area contributed by atoms with Crippen molar-refractivity contribution < 1.29 is 9.18 Å². The Bertz CT molecular complexity index is 909. The number of aromatic nitrogens is 3.